The first-order valence-corrected chi connectivity index (χ1v) is 9.47. The van der Waals surface area contributed by atoms with Gasteiger partial charge in [-0.25, -0.2) is 4.98 Å². The third-order valence-corrected chi connectivity index (χ3v) is 4.88. The van der Waals surface area contributed by atoms with E-state index in [9.17, 15) is 14.4 Å². The van der Waals surface area contributed by atoms with Crippen LogP contribution in [0.5, 0.6) is 0 Å². The van der Waals surface area contributed by atoms with E-state index in [4.69, 9.17) is 0 Å². The molecule has 0 spiro atoms. The number of nitrogens with one attached hydrogen (secondary N) is 1. The number of aryl methyl sites for hydroxylation is 1. The molecule has 1 aromatic heterocycles. The molecule has 0 aliphatic carbocycles. The quantitative estimate of drug-likeness (QED) is 0.776. The predicted molar refractivity (Wildman–Crippen MR) is 104 cm³/mol. The van der Waals surface area contributed by atoms with Gasteiger partial charge in [0.1, 0.15) is 5.69 Å². The van der Waals surface area contributed by atoms with Gasteiger partial charge in [0.2, 0.25) is 5.91 Å². The molecule has 0 bridgehead atoms. The van der Waals surface area contributed by atoms with Crippen molar-refractivity contribution in [2.75, 3.05) is 13.1 Å². The number of carbonyl (C=O) groups is 3. The summed E-state index contributed by atoms with van der Waals surface area (Å²) in [4.78, 5) is 46.4. The zero-order valence-corrected chi connectivity index (χ0v) is 15.9. The average molecular weight is 380 g/mol. The fourth-order valence-corrected chi connectivity index (χ4v) is 3.21. The van der Waals surface area contributed by atoms with Crippen LogP contribution in [0.4, 0.5) is 0 Å². The van der Waals surface area contributed by atoms with Gasteiger partial charge in [-0.3, -0.25) is 19.4 Å². The predicted octanol–water partition coefficient (Wildman–Crippen LogP) is 2.17. The maximum Gasteiger partial charge on any atom is 0.274 e. The monoisotopic (exact) mass is 380 g/mol. The molecule has 0 saturated carbocycles. The number of hydrogen-bond acceptors (Lipinski definition) is 5. The maximum atomic E-state index is 12.4. The first-order chi connectivity index (χ1) is 13.5. The van der Waals surface area contributed by atoms with Gasteiger partial charge in [-0.2, -0.15) is 0 Å². The van der Waals surface area contributed by atoms with Crippen LogP contribution in [0.25, 0.3) is 0 Å². The molecule has 2 aromatic rings. The number of piperidine rings is 1. The lowest BCUT2D eigenvalue weighted by Gasteiger charge is -2.32. The van der Waals surface area contributed by atoms with Gasteiger partial charge in [0.25, 0.3) is 5.91 Å². The van der Waals surface area contributed by atoms with Crippen LogP contribution in [0.2, 0.25) is 0 Å². The number of amides is 2. The standard InChI is InChI=1S/C21H24N4O3/c1-15-2-4-16(5-3-15)19(26)6-7-20(27)24-17-8-12-25(13-9-17)21(28)18-14-22-10-11-23-18/h2-5,10-11,14,17H,6-9,12-13H2,1H3,(H,24,27). The van der Waals surface area contributed by atoms with Gasteiger partial charge in [-0.1, -0.05) is 29.8 Å². The Morgan fingerprint density at radius 2 is 1.79 bits per heavy atom. The Balaban J connectivity index is 1.40. The van der Waals surface area contributed by atoms with Crippen molar-refractivity contribution in [3.8, 4) is 0 Å². The molecule has 1 N–H and O–H groups in total. The lowest BCUT2D eigenvalue weighted by Crippen LogP contribution is -2.46. The number of benzene rings is 1. The molecule has 146 valence electrons. The summed E-state index contributed by atoms with van der Waals surface area (Å²) in [6.07, 6.45) is 6.22. The fraction of sp³-hybridized carbons (Fsp3) is 0.381. The third-order valence-electron chi connectivity index (χ3n) is 4.88. The van der Waals surface area contributed by atoms with E-state index in [1.165, 1.54) is 18.6 Å². The highest BCUT2D eigenvalue weighted by Gasteiger charge is 2.25. The van der Waals surface area contributed by atoms with Gasteiger partial charge in [-0.05, 0) is 19.8 Å². The van der Waals surface area contributed by atoms with Gasteiger partial charge in [0.05, 0.1) is 6.20 Å². The summed E-state index contributed by atoms with van der Waals surface area (Å²) in [5, 5.41) is 2.98. The minimum absolute atomic E-state index is 0.0212. The molecule has 28 heavy (non-hydrogen) atoms. The molecular weight excluding hydrogens is 356 g/mol. The normalized spacial score (nSPS) is 14.5. The van der Waals surface area contributed by atoms with Crippen LogP contribution >= 0.6 is 0 Å². The molecule has 7 heteroatoms. The summed E-state index contributed by atoms with van der Waals surface area (Å²) in [7, 11) is 0. The zero-order chi connectivity index (χ0) is 19.9. The van der Waals surface area contributed by atoms with E-state index in [-0.39, 0.29) is 36.5 Å². The topological polar surface area (TPSA) is 92.3 Å². The van der Waals surface area contributed by atoms with Crippen LogP contribution in [0.15, 0.2) is 42.9 Å². The molecular formula is C21H24N4O3. The smallest absolute Gasteiger partial charge is 0.274 e. The molecule has 1 aromatic carbocycles. The zero-order valence-electron chi connectivity index (χ0n) is 15.9. The summed E-state index contributed by atoms with van der Waals surface area (Å²) < 4.78 is 0. The summed E-state index contributed by atoms with van der Waals surface area (Å²) >= 11 is 0. The third kappa shape index (κ3) is 5.22. The summed E-state index contributed by atoms with van der Waals surface area (Å²) in [6.45, 7) is 3.08. The number of Topliss-reactive ketones (excluding diaryl/α,β-unsaturated/α-hetero) is 1. The van der Waals surface area contributed by atoms with Crippen LogP contribution in [0.1, 0.15) is 52.1 Å². The average Bonchev–Trinajstić information content (AvgIpc) is 2.73. The first kappa shape index (κ1) is 19.7. The van der Waals surface area contributed by atoms with Gasteiger partial charge < -0.3 is 10.2 Å². The minimum atomic E-state index is -0.137. The van der Waals surface area contributed by atoms with Crippen LogP contribution in [-0.4, -0.2) is 51.6 Å². The van der Waals surface area contributed by atoms with Crippen LogP contribution in [0, 0.1) is 6.92 Å². The van der Waals surface area contributed by atoms with Crippen molar-refractivity contribution < 1.29 is 14.4 Å². The summed E-state index contributed by atoms with van der Waals surface area (Å²) in [5.74, 6) is -0.291. The molecule has 1 aliphatic rings. The van der Waals surface area contributed by atoms with Crippen molar-refractivity contribution in [2.24, 2.45) is 0 Å². The highest BCUT2D eigenvalue weighted by Crippen LogP contribution is 2.14. The molecule has 7 nitrogen and oxygen atoms in total. The van der Waals surface area contributed by atoms with E-state index in [1.807, 2.05) is 19.1 Å². The molecule has 1 aliphatic heterocycles. The van der Waals surface area contributed by atoms with E-state index in [0.717, 1.165) is 5.56 Å². The van der Waals surface area contributed by atoms with Crippen LogP contribution in [0.3, 0.4) is 0 Å². The molecule has 0 radical (unpaired) electrons. The van der Waals surface area contributed by atoms with Gasteiger partial charge in [-0.15, -0.1) is 0 Å². The summed E-state index contributed by atoms with van der Waals surface area (Å²) in [5.41, 5.74) is 2.06. The lowest BCUT2D eigenvalue weighted by molar-refractivity contribution is -0.122. The molecule has 1 saturated heterocycles. The Kier molecular flexibility index (Phi) is 6.47. The SMILES string of the molecule is Cc1ccc(C(=O)CCC(=O)NC2CCN(C(=O)c3cnccn3)CC2)cc1. The van der Waals surface area contributed by atoms with Crippen molar-refractivity contribution in [1.29, 1.82) is 0 Å². The Morgan fingerprint density at radius 1 is 1.07 bits per heavy atom. The number of likely N-dealkylation sites (tertiary alicyclic amines) is 1. The molecule has 3 rings (SSSR count). The number of ketones is 1. The van der Waals surface area contributed by atoms with Gasteiger partial charge >= 0.3 is 0 Å². The highest BCUT2D eigenvalue weighted by molar-refractivity contribution is 5.98. The van der Waals surface area contributed by atoms with Crippen LogP contribution in [-0.2, 0) is 4.79 Å². The number of nitrogens with zero attached hydrogens (tertiary/aromatic N) is 3. The first-order valence-electron chi connectivity index (χ1n) is 9.47. The second-order valence-corrected chi connectivity index (χ2v) is 7.01. The van der Waals surface area contributed by atoms with Crippen molar-refractivity contribution in [1.82, 2.24) is 20.2 Å². The Morgan fingerprint density at radius 3 is 2.43 bits per heavy atom. The molecule has 0 atom stereocenters. The van der Waals surface area contributed by atoms with Crippen molar-refractivity contribution >= 4 is 17.6 Å². The minimum Gasteiger partial charge on any atom is -0.353 e. The lowest BCUT2D eigenvalue weighted by atomic mass is 10.0. The molecule has 2 heterocycles. The van der Waals surface area contributed by atoms with Gasteiger partial charge in [0.15, 0.2) is 5.78 Å². The van der Waals surface area contributed by atoms with E-state index >= 15 is 0 Å². The number of carbonyl (C=O) groups excluding carboxylic acids is 3. The van der Waals surface area contributed by atoms with Crippen molar-refractivity contribution in [3.63, 3.8) is 0 Å². The second kappa shape index (κ2) is 9.21. The van der Waals surface area contributed by atoms with Crippen molar-refractivity contribution in [3.05, 3.63) is 59.7 Å². The van der Waals surface area contributed by atoms with E-state index in [1.54, 1.807) is 17.0 Å². The maximum absolute atomic E-state index is 12.4. The van der Waals surface area contributed by atoms with E-state index in [0.29, 0.717) is 37.2 Å². The van der Waals surface area contributed by atoms with E-state index in [2.05, 4.69) is 15.3 Å². The number of rotatable bonds is 6. The van der Waals surface area contributed by atoms with E-state index < -0.39 is 0 Å². The molecule has 1 fully saturated rings. The number of aromatic nitrogens is 2. The van der Waals surface area contributed by atoms with Crippen molar-refractivity contribution in [2.45, 2.75) is 38.6 Å². The number of hydrogen-bond donors (Lipinski definition) is 1. The largest absolute Gasteiger partial charge is 0.353 e. The highest BCUT2D eigenvalue weighted by atomic mass is 16.2. The van der Waals surface area contributed by atoms with Crippen LogP contribution < -0.4 is 5.32 Å². The fourth-order valence-electron chi connectivity index (χ4n) is 3.21. The Bertz CT molecular complexity index is 828. The second-order valence-electron chi connectivity index (χ2n) is 7.01. The van der Waals surface area contributed by atoms with Gasteiger partial charge in [0, 0.05) is 49.9 Å². The summed E-state index contributed by atoms with van der Waals surface area (Å²) in [6, 6.07) is 7.39. The Hall–Kier alpha value is -3.09. The molecule has 0 unspecified atom stereocenters. The molecule has 2 amide bonds. The Labute approximate surface area is 164 Å².